The molecule has 0 heterocycles. The van der Waals surface area contributed by atoms with Crippen molar-refractivity contribution in [1.29, 1.82) is 0 Å². The Morgan fingerprint density at radius 3 is 2.06 bits per heavy atom. The molecule has 10 heteroatoms. The number of hydrogen-bond acceptors (Lipinski definition) is 6. The number of benzene rings is 2. The maximum atomic E-state index is 13.2. The third kappa shape index (κ3) is 10.5. The summed E-state index contributed by atoms with van der Waals surface area (Å²) < 4.78 is 0. The van der Waals surface area contributed by atoms with E-state index in [1.54, 1.807) is 24.3 Å². The van der Waals surface area contributed by atoms with Gasteiger partial charge in [0, 0.05) is 13.0 Å². The van der Waals surface area contributed by atoms with Gasteiger partial charge in [-0.05, 0) is 47.6 Å². The normalized spacial score (nSPS) is 13.2. The van der Waals surface area contributed by atoms with Gasteiger partial charge in [0.1, 0.15) is 17.8 Å². The van der Waals surface area contributed by atoms with Crippen LogP contribution >= 0.6 is 24.2 Å². The molecule has 36 heavy (non-hydrogen) atoms. The van der Waals surface area contributed by atoms with Crippen LogP contribution in [-0.4, -0.2) is 58.1 Å². The summed E-state index contributed by atoms with van der Waals surface area (Å²) >= 11 is 1.50. The third-order valence-corrected chi connectivity index (χ3v) is 6.20. The third-order valence-electron chi connectivity index (χ3n) is 5.55. The zero-order valence-corrected chi connectivity index (χ0v) is 22.4. The van der Waals surface area contributed by atoms with E-state index in [-0.39, 0.29) is 42.8 Å². The predicted octanol–water partition coefficient (Wildman–Crippen LogP) is 2.98. The van der Waals surface area contributed by atoms with Crippen molar-refractivity contribution in [1.82, 2.24) is 16.0 Å². The van der Waals surface area contributed by atoms with Gasteiger partial charge in [0.2, 0.25) is 11.8 Å². The van der Waals surface area contributed by atoms with Crippen molar-refractivity contribution < 1.29 is 24.6 Å². The quantitative estimate of drug-likeness (QED) is 0.250. The van der Waals surface area contributed by atoms with Crippen molar-refractivity contribution in [3.8, 4) is 5.75 Å². The monoisotopic (exact) mass is 537 g/mol. The Balaban J connectivity index is 0.00000648. The van der Waals surface area contributed by atoms with Crippen molar-refractivity contribution in [2.24, 2.45) is 5.92 Å². The molecule has 0 aliphatic heterocycles. The zero-order valence-electron chi connectivity index (χ0n) is 20.8. The lowest BCUT2D eigenvalue weighted by atomic mass is 10.0. The van der Waals surface area contributed by atoms with E-state index >= 15 is 0 Å². The number of rotatable bonds is 14. The van der Waals surface area contributed by atoms with Gasteiger partial charge in [0.15, 0.2) is 0 Å². The molecule has 2 aromatic rings. The number of phenolic OH excluding ortho intramolecular Hbond substituents is 1. The van der Waals surface area contributed by atoms with Crippen LogP contribution in [0.4, 0.5) is 0 Å². The number of aliphatic carboxylic acids is 1. The second-order valence-corrected chi connectivity index (χ2v) is 9.69. The van der Waals surface area contributed by atoms with Crippen LogP contribution in [0.15, 0.2) is 54.6 Å². The molecule has 0 aromatic heterocycles. The maximum absolute atomic E-state index is 13.2. The summed E-state index contributed by atoms with van der Waals surface area (Å²) in [5.41, 5.74) is 1.75. The highest BCUT2D eigenvalue weighted by Crippen LogP contribution is 2.12. The van der Waals surface area contributed by atoms with Gasteiger partial charge in [0.05, 0.1) is 6.04 Å². The minimum Gasteiger partial charge on any atom is -0.508 e. The second-order valence-electron chi connectivity index (χ2n) is 8.70. The fourth-order valence-corrected chi connectivity index (χ4v) is 4.03. The number of carbonyl (C=O) groups excluding carboxylic acids is 2. The van der Waals surface area contributed by atoms with Gasteiger partial charge in [-0.2, -0.15) is 11.8 Å². The Kier molecular flexibility index (Phi) is 14.0. The van der Waals surface area contributed by atoms with Gasteiger partial charge in [-0.3, -0.25) is 9.59 Å². The van der Waals surface area contributed by atoms with Crippen LogP contribution < -0.4 is 16.0 Å². The number of carbonyl (C=O) groups is 3. The van der Waals surface area contributed by atoms with Gasteiger partial charge in [-0.25, -0.2) is 4.79 Å². The molecule has 0 bridgehead atoms. The van der Waals surface area contributed by atoms with Crippen LogP contribution in [0.3, 0.4) is 0 Å². The first-order valence-electron chi connectivity index (χ1n) is 11.6. The van der Waals surface area contributed by atoms with Crippen molar-refractivity contribution >= 4 is 42.0 Å². The summed E-state index contributed by atoms with van der Waals surface area (Å²) in [5.74, 6) is -1.29. The Labute approximate surface area is 223 Å². The minimum atomic E-state index is -1.10. The molecule has 2 amide bonds. The average Bonchev–Trinajstić information content (AvgIpc) is 2.82. The Hall–Kier alpha value is -2.75. The molecular formula is C26H36ClN3O5S. The van der Waals surface area contributed by atoms with Crippen LogP contribution in [0.25, 0.3) is 0 Å². The van der Waals surface area contributed by atoms with Crippen molar-refractivity contribution in [3.05, 3.63) is 65.7 Å². The lowest BCUT2D eigenvalue weighted by molar-refractivity contribution is -0.142. The topological polar surface area (TPSA) is 128 Å². The molecule has 2 rings (SSSR count). The Morgan fingerprint density at radius 2 is 1.50 bits per heavy atom. The number of aromatic hydroxyl groups is 1. The maximum Gasteiger partial charge on any atom is 0.326 e. The van der Waals surface area contributed by atoms with Crippen LogP contribution in [0.2, 0.25) is 0 Å². The molecule has 8 nitrogen and oxygen atoms in total. The largest absolute Gasteiger partial charge is 0.508 e. The van der Waals surface area contributed by atoms with E-state index in [0.717, 1.165) is 11.1 Å². The van der Waals surface area contributed by atoms with Crippen LogP contribution in [0, 0.1) is 5.92 Å². The van der Waals surface area contributed by atoms with Gasteiger partial charge in [0.25, 0.3) is 0 Å². The molecule has 5 N–H and O–H groups in total. The molecule has 0 aliphatic carbocycles. The summed E-state index contributed by atoms with van der Waals surface area (Å²) in [6.45, 7) is 4.22. The fourth-order valence-electron chi connectivity index (χ4n) is 3.56. The molecule has 0 radical (unpaired) electrons. The van der Waals surface area contributed by atoms with Gasteiger partial charge >= 0.3 is 5.97 Å². The van der Waals surface area contributed by atoms with E-state index in [4.69, 9.17) is 0 Å². The molecule has 0 saturated carbocycles. The van der Waals surface area contributed by atoms with Gasteiger partial charge in [-0.15, -0.1) is 12.4 Å². The highest BCUT2D eigenvalue weighted by molar-refractivity contribution is 7.98. The van der Waals surface area contributed by atoms with Crippen LogP contribution in [0.5, 0.6) is 5.75 Å². The number of halogens is 1. The molecule has 198 valence electrons. The van der Waals surface area contributed by atoms with Crippen molar-refractivity contribution in [2.45, 2.75) is 51.4 Å². The summed E-state index contributed by atoms with van der Waals surface area (Å²) in [4.78, 5) is 38.0. The average molecular weight is 538 g/mol. The molecular weight excluding hydrogens is 502 g/mol. The van der Waals surface area contributed by atoms with Gasteiger partial charge < -0.3 is 26.2 Å². The molecule has 0 spiro atoms. The minimum absolute atomic E-state index is 0. The molecule has 2 aromatic carbocycles. The molecule has 3 atom stereocenters. The number of thioether (sulfide) groups is 1. The number of hydrogen-bond donors (Lipinski definition) is 5. The summed E-state index contributed by atoms with van der Waals surface area (Å²) in [6.07, 6.45) is 2.39. The van der Waals surface area contributed by atoms with E-state index < -0.39 is 30.0 Å². The van der Waals surface area contributed by atoms with Crippen LogP contribution in [-0.2, 0) is 27.3 Å². The smallest absolute Gasteiger partial charge is 0.326 e. The van der Waals surface area contributed by atoms with Crippen LogP contribution in [0.1, 0.15) is 31.4 Å². The number of nitrogens with one attached hydrogen (secondary N) is 3. The standard InChI is InChI=1S/C26H35N3O5S.ClH/c1-17(2)23(27-16-19-9-11-20(30)12-10-19)25(32)29-22(15-18-7-5-4-6-8-18)24(31)28-21(26(33)34)13-14-35-3;/h4-12,17,21-23,27,30H,13-16H2,1-3H3,(H,28,31)(H,29,32)(H,33,34);1H/t21-,22-,23-;/m0./s1. The Bertz CT molecular complexity index is 960. The number of amides is 2. The first kappa shape index (κ1) is 31.3. The van der Waals surface area contributed by atoms with Crippen molar-refractivity contribution in [3.63, 3.8) is 0 Å². The Morgan fingerprint density at radius 1 is 0.889 bits per heavy atom. The number of phenols is 1. The SMILES string of the molecule is CSCC[C@H](NC(=O)[C@H](Cc1ccccc1)NC(=O)[C@@H](NCc1ccc(O)cc1)C(C)C)C(=O)O.Cl. The molecule has 0 saturated heterocycles. The summed E-state index contributed by atoms with van der Waals surface area (Å²) in [5, 5.41) is 27.7. The summed E-state index contributed by atoms with van der Waals surface area (Å²) in [6, 6.07) is 13.4. The molecule has 0 aliphatic rings. The van der Waals surface area contributed by atoms with E-state index in [9.17, 15) is 24.6 Å². The fraction of sp³-hybridized carbons (Fsp3) is 0.423. The second kappa shape index (κ2) is 16.1. The highest BCUT2D eigenvalue weighted by Gasteiger charge is 2.30. The van der Waals surface area contributed by atoms with E-state index in [1.165, 1.54) is 11.8 Å². The number of carboxylic acid groups (broad SMARTS) is 1. The van der Waals surface area contributed by atoms with E-state index in [0.29, 0.717) is 12.3 Å². The lowest BCUT2D eigenvalue weighted by Gasteiger charge is -2.26. The molecule has 0 fully saturated rings. The highest BCUT2D eigenvalue weighted by atomic mass is 35.5. The summed E-state index contributed by atoms with van der Waals surface area (Å²) in [7, 11) is 0. The predicted molar refractivity (Wildman–Crippen MR) is 145 cm³/mol. The molecule has 0 unspecified atom stereocenters. The zero-order chi connectivity index (χ0) is 25.8. The lowest BCUT2D eigenvalue weighted by Crippen LogP contribution is -2.56. The number of carboxylic acids is 1. The van der Waals surface area contributed by atoms with Gasteiger partial charge in [-0.1, -0.05) is 56.3 Å². The first-order chi connectivity index (χ1) is 16.7. The van der Waals surface area contributed by atoms with E-state index in [2.05, 4.69) is 16.0 Å². The van der Waals surface area contributed by atoms with E-state index in [1.807, 2.05) is 50.4 Å². The first-order valence-corrected chi connectivity index (χ1v) is 13.0. The van der Waals surface area contributed by atoms with Crippen molar-refractivity contribution in [2.75, 3.05) is 12.0 Å².